The first-order valence-corrected chi connectivity index (χ1v) is 7.28. The molecule has 0 atom stereocenters. The first-order chi connectivity index (χ1) is 10.5. The molecule has 0 unspecified atom stereocenters. The van der Waals surface area contributed by atoms with Crippen LogP contribution in [-0.4, -0.2) is 12.3 Å². The summed E-state index contributed by atoms with van der Waals surface area (Å²) >= 11 is 12.3. The van der Waals surface area contributed by atoms with Crippen LogP contribution in [0.5, 0.6) is 0 Å². The Morgan fingerprint density at radius 3 is 2.59 bits per heavy atom. The van der Waals surface area contributed by atoms with Crippen molar-refractivity contribution in [2.24, 2.45) is 4.99 Å². The number of aliphatic imine (C=N–C) groups is 1. The van der Waals surface area contributed by atoms with Crippen LogP contribution >= 0.6 is 23.2 Å². The van der Waals surface area contributed by atoms with Crippen LogP contribution in [0.15, 0.2) is 63.6 Å². The van der Waals surface area contributed by atoms with Gasteiger partial charge in [0.25, 0.3) is 0 Å². The fourth-order valence-electron chi connectivity index (χ4n) is 2.05. The Kier molecular flexibility index (Phi) is 5.33. The SMILES string of the molecule is C=C/C(Cl)=C(C1=NCC(c2ccc(F)c(F)c2)=C1)\C(Cl)=C/C. The van der Waals surface area contributed by atoms with Crippen molar-refractivity contribution in [2.45, 2.75) is 6.92 Å². The predicted molar refractivity (Wildman–Crippen MR) is 89.3 cm³/mol. The maximum Gasteiger partial charge on any atom is 0.159 e. The summed E-state index contributed by atoms with van der Waals surface area (Å²) in [5.41, 5.74) is 2.50. The van der Waals surface area contributed by atoms with Crippen molar-refractivity contribution in [2.75, 3.05) is 6.54 Å². The van der Waals surface area contributed by atoms with Gasteiger partial charge in [-0.1, -0.05) is 41.9 Å². The summed E-state index contributed by atoms with van der Waals surface area (Å²) in [5.74, 6) is -1.77. The minimum atomic E-state index is -0.891. The molecule has 0 saturated heterocycles. The first kappa shape index (κ1) is 16.7. The second kappa shape index (κ2) is 7.03. The Morgan fingerprint density at radius 2 is 2.00 bits per heavy atom. The Morgan fingerprint density at radius 1 is 1.27 bits per heavy atom. The van der Waals surface area contributed by atoms with Gasteiger partial charge in [0.1, 0.15) is 0 Å². The minimum absolute atomic E-state index is 0.346. The quantitative estimate of drug-likeness (QED) is 0.631. The van der Waals surface area contributed by atoms with Gasteiger partial charge in [-0.3, -0.25) is 4.99 Å². The van der Waals surface area contributed by atoms with E-state index in [1.807, 2.05) is 0 Å². The highest BCUT2D eigenvalue weighted by Crippen LogP contribution is 2.29. The second-order valence-electron chi connectivity index (χ2n) is 4.56. The molecule has 1 aliphatic heterocycles. The number of halogens is 4. The maximum atomic E-state index is 13.3. The summed E-state index contributed by atoms with van der Waals surface area (Å²) in [7, 11) is 0. The minimum Gasteiger partial charge on any atom is -0.280 e. The van der Waals surface area contributed by atoms with Crippen LogP contribution in [0.25, 0.3) is 5.57 Å². The third-order valence-corrected chi connectivity index (χ3v) is 3.94. The molecule has 0 bridgehead atoms. The molecular formula is C17H13Cl2F2N. The molecule has 0 radical (unpaired) electrons. The Labute approximate surface area is 138 Å². The Bertz CT molecular complexity index is 743. The molecule has 1 heterocycles. The number of nitrogens with zero attached hydrogens (tertiary/aromatic N) is 1. The van der Waals surface area contributed by atoms with Crippen molar-refractivity contribution >= 4 is 34.5 Å². The van der Waals surface area contributed by atoms with E-state index in [1.165, 1.54) is 12.1 Å². The Balaban J connectivity index is 2.41. The smallest absolute Gasteiger partial charge is 0.159 e. The molecule has 2 rings (SSSR count). The van der Waals surface area contributed by atoms with Crippen LogP contribution in [-0.2, 0) is 0 Å². The van der Waals surface area contributed by atoms with Gasteiger partial charge >= 0.3 is 0 Å². The highest BCUT2D eigenvalue weighted by molar-refractivity contribution is 6.42. The topological polar surface area (TPSA) is 12.4 Å². The first-order valence-electron chi connectivity index (χ1n) is 6.53. The lowest BCUT2D eigenvalue weighted by Crippen LogP contribution is -1.99. The zero-order valence-corrected chi connectivity index (χ0v) is 13.3. The van der Waals surface area contributed by atoms with E-state index in [0.29, 0.717) is 33.5 Å². The summed E-state index contributed by atoms with van der Waals surface area (Å²) in [5, 5.41) is 0.830. The van der Waals surface area contributed by atoms with Crippen LogP contribution in [0.2, 0.25) is 0 Å². The van der Waals surface area contributed by atoms with E-state index in [4.69, 9.17) is 23.2 Å². The normalized spacial score (nSPS) is 16.1. The standard InChI is InChI=1S/C17H13Cl2F2N/c1-3-12(18)17(13(19)4-2)16-8-11(9-22-16)10-5-6-14(20)15(21)7-10/h3-8H,1,9H2,2H3/b13-4+,17-12-. The third-order valence-electron chi connectivity index (χ3n) is 3.19. The molecule has 1 aliphatic rings. The van der Waals surface area contributed by atoms with Crippen molar-refractivity contribution in [3.8, 4) is 0 Å². The number of hydrogen-bond donors (Lipinski definition) is 0. The van der Waals surface area contributed by atoms with Crippen LogP contribution in [0.3, 0.4) is 0 Å². The number of hydrogen-bond acceptors (Lipinski definition) is 1. The zero-order chi connectivity index (χ0) is 16.3. The molecule has 22 heavy (non-hydrogen) atoms. The summed E-state index contributed by atoms with van der Waals surface area (Å²) in [6.07, 6.45) is 4.95. The molecule has 0 aromatic heterocycles. The molecule has 1 nitrogen and oxygen atoms in total. The van der Waals surface area contributed by atoms with Crippen LogP contribution in [0.4, 0.5) is 8.78 Å². The van der Waals surface area contributed by atoms with E-state index in [2.05, 4.69) is 11.6 Å². The van der Waals surface area contributed by atoms with E-state index in [9.17, 15) is 8.78 Å². The van der Waals surface area contributed by atoms with Crippen molar-refractivity contribution < 1.29 is 8.78 Å². The lowest BCUT2D eigenvalue weighted by molar-refractivity contribution is 0.508. The molecule has 0 spiro atoms. The average molecular weight is 340 g/mol. The highest BCUT2D eigenvalue weighted by Gasteiger charge is 2.18. The van der Waals surface area contributed by atoms with E-state index in [1.54, 1.807) is 19.1 Å². The summed E-state index contributed by atoms with van der Waals surface area (Å²) < 4.78 is 26.4. The van der Waals surface area contributed by atoms with Crippen LogP contribution in [0.1, 0.15) is 12.5 Å². The van der Waals surface area contributed by atoms with E-state index < -0.39 is 11.6 Å². The molecule has 0 N–H and O–H groups in total. The fourth-order valence-corrected chi connectivity index (χ4v) is 2.50. The summed E-state index contributed by atoms with van der Waals surface area (Å²) in [6.45, 7) is 5.75. The largest absolute Gasteiger partial charge is 0.280 e. The molecule has 5 heteroatoms. The van der Waals surface area contributed by atoms with Gasteiger partial charge in [0.15, 0.2) is 11.6 Å². The molecule has 114 valence electrons. The van der Waals surface area contributed by atoms with E-state index >= 15 is 0 Å². The maximum absolute atomic E-state index is 13.3. The fraction of sp³-hybridized carbons (Fsp3) is 0.118. The molecule has 1 aromatic carbocycles. The van der Waals surface area contributed by atoms with Crippen molar-refractivity contribution in [3.05, 3.63) is 75.8 Å². The zero-order valence-electron chi connectivity index (χ0n) is 11.8. The van der Waals surface area contributed by atoms with Crippen molar-refractivity contribution in [1.82, 2.24) is 0 Å². The number of rotatable bonds is 4. The summed E-state index contributed by atoms with van der Waals surface area (Å²) in [6, 6.07) is 3.75. The van der Waals surface area contributed by atoms with Gasteiger partial charge in [0.2, 0.25) is 0 Å². The highest BCUT2D eigenvalue weighted by atomic mass is 35.5. The van der Waals surface area contributed by atoms with Gasteiger partial charge in [-0.2, -0.15) is 0 Å². The van der Waals surface area contributed by atoms with Gasteiger partial charge < -0.3 is 0 Å². The van der Waals surface area contributed by atoms with Gasteiger partial charge in [0.05, 0.1) is 17.3 Å². The van der Waals surface area contributed by atoms with Gasteiger partial charge in [-0.15, -0.1) is 0 Å². The lowest BCUT2D eigenvalue weighted by Gasteiger charge is -2.06. The molecule has 1 aromatic rings. The van der Waals surface area contributed by atoms with E-state index in [0.717, 1.165) is 17.7 Å². The van der Waals surface area contributed by atoms with Crippen LogP contribution < -0.4 is 0 Å². The monoisotopic (exact) mass is 339 g/mol. The molecule has 0 saturated carbocycles. The number of allylic oxidation sites excluding steroid dienone is 6. The molecular weight excluding hydrogens is 327 g/mol. The van der Waals surface area contributed by atoms with Gasteiger partial charge in [-0.05, 0) is 42.3 Å². The molecule has 0 fully saturated rings. The van der Waals surface area contributed by atoms with Gasteiger partial charge in [0, 0.05) is 10.6 Å². The third kappa shape index (κ3) is 3.37. The summed E-state index contributed by atoms with van der Waals surface area (Å²) in [4.78, 5) is 4.38. The van der Waals surface area contributed by atoms with Crippen molar-refractivity contribution in [3.63, 3.8) is 0 Å². The Hall–Kier alpha value is -1.71. The molecule has 0 aliphatic carbocycles. The van der Waals surface area contributed by atoms with E-state index in [-0.39, 0.29) is 0 Å². The van der Waals surface area contributed by atoms with Crippen LogP contribution in [0, 0.1) is 11.6 Å². The number of benzene rings is 1. The predicted octanol–water partition coefficient (Wildman–Crippen LogP) is 5.62. The lowest BCUT2D eigenvalue weighted by atomic mass is 10.0. The van der Waals surface area contributed by atoms with Gasteiger partial charge in [-0.25, -0.2) is 8.78 Å². The average Bonchev–Trinajstić information content (AvgIpc) is 2.99. The van der Waals surface area contributed by atoms with Crippen molar-refractivity contribution in [1.29, 1.82) is 0 Å². The second-order valence-corrected chi connectivity index (χ2v) is 5.38. The molecule has 0 amide bonds.